The van der Waals surface area contributed by atoms with E-state index in [-0.39, 0.29) is 5.78 Å². The zero-order valence-corrected chi connectivity index (χ0v) is 12.7. The van der Waals surface area contributed by atoms with Crippen molar-refractivity contribution in [1.82, 2.24) is 4.98 Å². The van der Waals surface area contributed by atoms with Crippen molar-refractivity contribution in [1.29, 1.82) is 0 Å². The van der Waals surface area contributed by atoms with Crippen LogP contribution in [-0.2, 0) is 27.1 Å². The van der Waals surface area contributed by atoms with E-state index in [9.17, 15) is 4.79 Å². The highest BCUT2D eigenvalue weighted by atomic mass is 16.7. The monoisotopic (exact) mass is 283 g/mol. The molecule has 1 heterocycles. The molecule has 5 heteroatoms. The molecule has 0 unspecified atom stereocenters. The Kier molecular flexibility index (Phi) is 8.18. The number of hydrogen-bond acceptors (Lipinski definition) is 4. The number of carbonyl (C=O) groups excluding carboxylic acids is 1. The fourth-order valence-corrected chi connectivity index (χ4v) is 2.11. The molecule has 0 aliphatic heterocycles. The Balaban J connectivity index is 2.23. The number of aryl methyl sites for hydroxylation is 1. The third-order valence-corrected chi connectivity index (χ3v) is 3.13. The molecule has 0 aromatic carbocycles. The Hall–Kier alpha value is -1.17. The summed E-state index contributed by atoms with van der Waals surface area (Å²) in [5, 5.41) is 0. The van der Waals surface area contributed by atoms with Gasteiger partial charge in [-0.2, -0.15) is 0 Å². The van der Waals surface area contributed by atoms with Gasteiger partial charge in [0.25, 0.3) is 0 Å². The first kappa shape index (κ1) is 16.9. The second kappa shape index (κ2) is 9.69. The SMILES string of the molecule is CCc1c(C(C)=O)c[nH]c1CCCOCOCCOC. The van der Waals surface area contributed by atoms with Crippen molar-refractivity contribution >= 4 is 5.78 Å². The van der Waals surface area contributed by atoms with Gasteiger partial charge < -0.3 is 19.2 Å². The van der Waals surface area contributed by atoms with E-state index < -0.39 is 0 Å². The van der Waals surface area contributed by atoms with Crippen molar-refractivity contribution in [3.05, 3.63) is 23.0 Å². The predicted octanol–water partition coefficient (Wildman–Crippen LogP) is 2.35. The van der Waals surface area contributed by atoms with E-state index in [4.69, 9.17) is 14.2 Å². The van der Waals surface area contributed by atoms with Gasteiger partial charge in [0, 0.05) is 31.2 Å². The molecule has 0 spiro atoms. The second-order valence-corrected chi connectivity index (χ2v) is 4.60. The quantitative estimate of drug-likeness (QED) is 0.385. The minimum Gasteiger partial charge on any atom is -0.382 e. The maximum Gasteiger partial charge on any atom is 0.161 e. The van der Waals surface area contributed by atoms with Gasteiger partial charge >= 0.3 is 0 Å². The number of nitrogens with one attached hydrogen (secondary N) is 1. The van der Waals surface area contributed by atoms with Gasteiger partial charge in [-0.1, -0.05) is 6.92 Å². The van der Waals surface area contributed by atoms with Crippen LogP contribution in [0, 0.1) is 0 Å². The summed E-state index contributed by atoms with van der Waals surface area (Å²) in [7, 11) is 1.64. The summed E-state index contributed by atoms with van der Waals surface area (Å²) in [5.74, 6) is 0.118. The molecular formula is C15H25NO4. The standard InChI is InChI=1S/C15H25NO4/c1-4-13-14(12(2)17)10-16-15(13)6-5-7-19-11-20-9-8-18-3/h10,16H,4-9,11H2,1-3H3. The molecule has 1 aromatic rings. The smallest absolute Gasteiger partial charge is 0.161 e. The van der Waals surface area contributed by atoms with Crippen LogP contribution in [0.5, 0.6) is 0 Å². The average Bonchev–Trinajstić information content (AvgIpc) is 2.85. The number of H-pyrrole nitrogens is 1. The maximum absolute atomic E-state index is 11.5. The Morgan fingerprint density at radius 1 is 1.25 bits per heavy atom. The highest BCUT2D eigenvalue weighted by Gasteiger charge is 2.12. The molecule has 0 saturated heterocycles. The Morgan fingerprint density at radius 3 is 2.65 bits per heavy atom. The molecule has 0 atom stereocenters. The molecule has 1 N–H and O–H groups in total. The Labute approximate surface area is 120 Å². The summed E-state index contributed by atoms with van der Waals surface area (Å²) in [4.78, 5) is 14.7. The molecule has 114 valence electrons. The fraction of sp³-hybridized carbons (Fsp3) is 0.667. The summed E-state index contributed by atoms with van der Waals surface area (Å²) in [6.45, 7) is 5.75. The number of rotatable bonds is 11. The molecule has 5 nitrogen and oxygen atoms in total. The number of methoxy groups -OCH3 is 1. The maximum atomic E-state index is 11.5. The van der Waals surface area contributed by atoms with E-state index in [1.165, 1.54) is 0 Å². The molecule has 1 aromatic heterocycles. The topological polar surface area (TPSA) is 60.6 Å². The van der Waals surface area contributed by atoms with Crippen LogP contribution < -0.4 is 0 Å². The molecule has 0 aliphatic carbocycles. The van der Waals surface area contributed by atoms with E-state index in [0.29, 0.717) is 26.6 Å². The zero-order valence-electron chi connectivity index (χ0n) is 12.7. The molecule has 0 bridgehead atoms. The largest absolute Gasteiger partial charge is 0.382 e. The number of carbonyl (C=O) groups is 1. The van der Waals surface area contributed by atoms with Crippen LogP contribution in [0.4, 0.5) is 0 Å². The lowest BCUT2D eigenvalue weighted by molar-refractivity contribution is -0.0660. The lowest BCUT2D eigenvalue weighted by atomic mass is 10.0. The minimum absolute atomic E-state index is 0.118. The van der Waals surface area contributed by atoms with Crippen molar-refractivity contribution < 1.29 is 19.0 Å². The molecular weight excluding hydrogens is 258 g/mol. The van der Waals surface area contributed by atoms with Crippen molar-refractivity contribution in [3.8, 4) is 0 Å². The number of aromatic nitrogens is 1. The van der Waals surface area contributed by atoms with Crippen LogP contribution in [-0.4, -0.2) is 44.5 Å². The molecule has 0 aliphatic rings. The van der Waals surface area contributed by atoms with E-state index in [1.807, 2.05) is 6.20 Å². The minimum atomic E-state index is 0.118. The van der Waals surface area contributed by atoms with Crippen LogP contribution in [0.3, 0.4) is 0 Å². The third-order valence-electron chi connectivity index (χ3n) is 3.13. The fourth-order valence-electron chi connectivity index (χ4n) is 2.11. The third kappa shape index (κ3) is 5.45. The lowest BCUT2D eigenvalue weighted by Gasteiger charge is -2.06. The van der Waals surface area contributed by atoms with Crippen molar-refractivity contribution in [3.63, 3.8) is 0 Å². The van der Waals surface area contributed by atoms with Crippen LogP contribution in [0.1, 0.15) is 41.9 Å². The number of ether oxygens (including phenoxy) is 3. The highest BCUT2D eigenvalue weighted by Crippen LogP contribution is 2.17. The average molecular weight is 283 g/mol. The van der Waals surface area contributed by atoms with E-state index in [0.717, 1.165) is 36.1 Å². The van der Waals surface area contributed by atoms with Gasteiger partial charge in [-0.05, 0) is 31.7 Å². The summed E-state index contributed by atoms with van der Waals surface area (Å²) >= 11 is 0. The first-order valence-electron chi connectivity index (χ1n) is 7.05. The molecule has 0 saturated carbocycles. The molecule has 20 heavy (non-hydrogen) atoms. The first-order valence-corrected chi connectivity index (χ1v) is 7.05. The predicted molar refractivity (Wildman–Crippen MR) is 77.1 cm³/mol. The summed E-state index contributed by atoms with van der Waals surface area (Å²) in [6, 6.07) is 0. The van der Waals surface area contributed by atoms with Crippen LogP contribution in [0.15, 0.2) is 6.20 Å². The van der Waals surface area contributed by atoms with Crippen LogP contribution in [0.25, 0.3) is 0 Å². The van der Waals surface area contributed by atoms with Crippen LogP contribution >= 0.6 is 0 Å². The van der Waals surface area contributed by atoms with Gasteiger partial charge in [-0.25, -0.2) is 0 Å². The van der Waals surface area contributed by atoms with Crippen molar-refractivity contribution in [2.45, 2.75) is 33.1 Å². The molecule has 1 rings (SSSR count). The Bertz CT molecular complexity index is 401. The summed E-state index contributed by atoms with van der Waals surface area (Å²) in [6.07, 6.45) is 4.47. The number of ketones is 1. The second-order valence-electron chi connectivity index (χ2n) is 4.60. The van der Waals surface area contributed by atoms with Gasteiger partial charge in [-0.15, -0.1) is 0 Å². The number of aromatic amines is 1. The first-order chi connectivity index (χ1) is 9.70. The summed E-state index contributed by atoms with van der Waals surface area (Å²) < 4.78 is 15.4. The van der Waals surface area contributed by atoms with Gasteiger partial charge in [0.1, 0.15) is 6.79 Å². The molecule has 0 fully saturated rings. The van der Waals surface area contributed by atoms with Crippen molar-refractivity contribution in [2.75, 3.05) is 33.7 Å². The number of Topliss-reactive ketones (excluding diaryl/α,β-unsaturated/α-hetero) is 1. The Morgan fingerprint density at radius 2 is 2.00 bits per heavy atom. The van der Waals surface area contributed by atoms with E-state index in [1.54, 1.807) is 14.0 Å². The van der Waals surface area contributed by atoms with Crippen LogP contribution in [0.2, 0.25) is 0 Å². The van der Waals surface area contributed by atoms with Gasteiger partial charge in [-0.3, -0.25) is 4.79 Å². The number of hydrogen-bond donors (Lipinski definition) is 1. The van der Waals surface area contributed by atoms with Gasteiger partial charge in [0.15, 0.2) is 5.78 Å². The molecule has 0 amide bonds. The zero-order chi connectivity index (χ0) is 14.8. The highest BCUT2D eigenvalue weighted by molar-refractivity contribution is 5.95. The molecule has 0 radical (unpaired) electrons. The lowest BCUT2D eigenvalue weighted by Crippen LogP contribution is -2.07. The summed E-state index contributed by atoms with van der Waals surface area (Å²) in [5.41, 5.74) is 3.08. The normalized spacial score (nSPS) is 10.9. The van der Waals surface area contributed by atoms with E-state index in [2.05, 4.69) is 11.9 Å². The van der Waals surface area contributed by atoms with Gasteiger partial charge in [0.2, 0.25) is 0 Å². The van der Waals surface area contributed by atoms with Crippen molar-refractivity contribution in [2.24, 2.45) is 0 Å². The van der Waals surface area contributed by atoms with Gasteiger partial charge in [0.05, 0.1) is 13.2 Å². The van der Waals surface area contributed by atoms with E-state index >= 15 is 0 Å².